The number of aromatic nitrogens is 1. The first-order valence-corrected chi connectivity index (χ1v) is 6.57. The third kappa shape index (κ3) is 3.54. The van der Waals surface area contributed by atoms with E-state index < -0.39 is 0 Å². The Kier molecular flexibility index (Phi) is 4.16. The van der Waals surface area contributed by atoms with Crippen LogP contribution in [0.25, 0.3) is 0 Å². The molecule has 1 amide bonds. The van der Waals surface area contributed by atoms with Gasteiger partial charge in [0.05, 0.1) is 0 Å². The van der Waals surface area contributed by atoms with E-state index in [-0.39, 0.29) is 5.91 Å². The summed E-state index contributed by atoms with van der Waals surface area (Å²) in [6.07, 6.45) is 0. The van der Waals surface area contributed by atoms with Crippen molar-refractivity contribution in [2.45, 2.75) is 0 Å². The smallest absolute Gasteiger partial charge is 0.274 e. The van der Waals surface area contributed by atoms with E-state index in [0.717, 1.165) is 11.4 Å². The van der Waals surface area contributed by atoms with Crippen molar-refractivity contribution >= 4 is 33.2 Å². The number of hydrogen-bond acceptors (Lipinski definition) is 3. The molecule has 0 saturated heterocycles. The Morgan fingerprint density at radius 1 is 1.16 bits per heavy atom. The fraction of sp³-hybridized carbons (Fsp3) is 0.143. The third-order valence-corrected chi connectivity index (χ3v) is 3.03. The highest BCUT2D eigenvalue weighted by Gasteiger charge is 2.07. The molecule has 0 bridgehead atoms. The Morgan fingerprint density at radius 2 is 1.84 bits per heavy atom. The summed E-state index contributed by atoms with van der Waals surface area (Å²) in [7, 11) is 3.94. The number of carbonyl (C=O) groups is 1. The molecule has 1 aromatic carbocycles. The summed E-state index contributed by atoms with van der Waals surface area (Å²) in [4.78, 5) is 18.1. The van der Waals surface area contributed by atoms with Crippen molar-refractivity contribution in [2.75, 3.05) is 24.3 Å². The zero-order valence-electron chi connectivity index (χ0n) is 10.7. The maximum atomic E-state index is 12.0. The van der Waals surface area contributed by atoms with Gasteiger partial charge in [-0.2, -0.15) is 0 Å². The van der Waals surface area contributed by atoms with Crippen molar-refractivity contribution in [2.24, 2.45) is 0 Å². The number of benzene rings is 1. The third-order valence-electron chi connectivity index (χ3n) is 2.59. The van der Waals surface area contributed by atoms with Gasteiger partial charge in [0.2, 0.25) is 0 Å². The van der Waals surface area contributed by atoms with Crippen LogP contribution in [0.2, 0.25) is 0 Å². The SMILES string of the molecule is CN(C)c1ccc(NC(=O)c2cccc(Br)n2)cc1. The van der Waals surface area contributed by atoms with E-state index in [0.29, 0.717) is 10.3 Å². The summed E-state index contributed by atoms with van der Waals surface area (Å²) in [6, 6.07) is 12.9. The van der Waals surface area contributed by atoms with E-state index in [4.69, 9.17) is 0 Å². The van der Waals surface area contributed by atoms with Gasteiger partial charge in [0.15, 0.2) is 0 Å². The largest absolute Gasteiger partial charge is 0.378 e. The predicted molar refractivity (Wildman–Crippen MR) is 80.7 cm³/mol. The molecule has 1 N–H and O–H groups in total. The van der Waals surface area contributed by atoms with Crippen molar-refractivity contribution in [3.8, 4) is 0 Å². The Morgan fingerprint density at radius 3 is 2.42 bits per heavy atom. The molecule has 0 radical (unpaired) electrons. The molecule has 1 aromatic heterocycles. The molecule has 2 rings (SSSR count). The molecule has 0 spiro atoms. The first-order valence-electron chi connectivity index (χ1n) is 5.77. The van der Waals surface area contributed by atoms with E-state index in [1.165, 1.54) is 0 Å². The Hall–Kier alpha value is -1.88. The molecule has 0 saturated carbocycles. The first-order chi connectivity index (χ1) is 9.06. The fourth-order valence-electron chi connectivity index (χ4n) is 1.57. The quantitative estimate of drug-likeness (QED) is 0.884. The summed E-state index contributed by atoms with van der Waals surface area (Å²) >= 11 is 3.24. The summed E-state index contributed by atoms with van der Waals surface area (Å²) in [6.45, 7) is 0. The maximum Gasteiger partial charge on any atom is 0.274 e. The number of anilines is 2. The van der Waals surface area contributed by atoms with Crippen LogP contribution < -0.4 is 10.2 Å². The lowest BCUT2D eigenvalue weighted by atomic mass is 10.2. The second kappa shape index (κ2) is 5.84. The van der Waals surface area contributed by atoms with E-state index >= 15 is 0 Å². The van der Waals surface area contributed by atoms with Gasteiger partial charge >= 0.3 is 0 Å². The lowest BCUT2D eigenvalue weighted by Gasteiger charge is -2.13. The average molecular weight is 320 g/mol. The predicted octanol–water partition coefficient (Wildman–Crippen LogP) is 3.16. The summed E-state index contributed by atoms with van der Waals surface area (Å²) in [5.74, 6) is -0.223. The van der Waals surface area contributed by atoms with E-state index in [2.05, 4.69) is 26.2 Å². The molecular formula is C14H14BrN3O. The highest BCUT2D eigenvalue weighted by molar-refractivity contribution is 9.10. The molecule has 0 fully saturated rings. The zero-order chi connectivity index (χ0) is 13.8. The monoisotopic (exact) mass is 319 g/mol. The van der Waals surface area contributed by atoms with Gasteiger partial charge in [-0.25, -0.2) is 4.98 Å². The van der Waals surface area contributed by atoms with Gasteiger partial charge < -0.3 is 10.2 Å². The lowest BCUT2D eigenvalue weighted by molar-refractivity contribution is 0.102. The molecule has 2 aromatic rings. The molecule has 0 aliphatic rings. The molecular weight excluding hydrogens is 306 g/mol. The lowest BCUT2D eigenvalue weighted by Crippen LogP contribution is -2.14. The Balaban J connectivity index is 2.10. The number of hydrogen-bond donors (Lipinski definition) is 1. The van der Waals surface area contributed by atoms with E-state index in [9.17, 15) is 4.79 Å². The van der Waals surface area contributed by atoms with Crippen LogP contribution >= 0.6 is 15.9 Å². The fourth-order valence-corrected chi connectivity index (χ4v) is 1.92. The van der Waals surface area contributed by atoms with Gasteiger partial charge in [-0.3, -0.25) is 4.79 Å². The molecule has 0 aliphatic carbocycles. The normalized spacial score (nSPS) is 10.1. The van der Waals surface area contributed by atoms with Crippen molar-refractivity contribution in [1.82, 2.24) is 4.98 Å². The molecule has 0 aliphatic heterocycles. The summed E-state index contributed by atoms with van der Waals surface area (Å²) < 4.78 is 0.642. The zero-order valence-corrected chi connectivity index (χ0v) is 12.3. The van der Waals surface area contributed by atoms with Crippen LogP contribution in [0, 0.1) is 0 Å². The van der Waals surface area contributed by atoms with Gasteiger partial charge in [-0.05, 0) is 52.3 Å². The molecule has 98 valence electrons. The highest BCUT2D eigenvalue weighted by Crippen LogP contribution is 2.16. The molecule has 0 atom stereocenters. The molecule has 4 nitrogen and oxygen atoms in total. The summed E-state index contributed by atoms with van der Waals surface area (Å²) in [5.41, 5.74) is 2.21. The van der Waals surface area contributed by atoms with E-state index in [1.54, 1.807) is 18.2 Å². The van der Waals surface area contributed by atoms with Gasteiger partial charge in [-0.1, -0.05) is 6.07 Å². The first kappa shape index (κ1) is 13.5. The molecule has 19 heavy (non-hydrogen) atoms. The van der Waals surface area contributed by atoms with Crippen LogP contribution in [0.1, 0.15) is 10.5 Å². The number of halogens is 1. The highest BCUT2D eigenvalue weighted by atomic mass is 79.9. The number of carbonyl (C=O) groups excluding carboxylic acids is 1. The molecule has 5 heteroatoms. The average Bonchev–Trinajstić information content (AvgIpc) is 2.39. The second-order valence-electron chi connectivity index (χ2n) is 4.24. The summed E-state index contributed by atoms with van der Waals surface area (Å²) in [5, 5.41) is 2.81. The second-order valence-corrected chi connectivity index (χ2v) is 5.05. The topological polar surface area (TPSA) is 45.2 Å². The van der Waals surface area contributed by atoms with Crippen molar-refractivity contribution < 1.29 is 4.79 Å². The van der Waals surface area contributed by atoms with Crippen molar-refractivity contribution in [3.05, 3.63) is 52.8 Å². The van der Waals surface area contributed by atoms with Gasteiger partial charge in [-0.15, -0.1) is 0 Å². The Labute approximate surface area is 120 Å². The number of amides is 1. The van der Waals surface area contributed by atoms with Crippen LogP contribution in [0.15, 0.2) is 47.1 Å². The number of rotatable bonds is 3. The molecule has 1 heterocycles. The van der Waals surface area contributed by atoms with E-state index in [1.807, 2.05) is 43.3 Å². The van der Waals surface area contributed by atoms with Crippen LogP contribution in [0.3, 0.4) is 0 Å². The van der Waals surface area contributed by atoms with Crippen LogP contribution in [0.4, 0.5) is 11.4 Å². The van der Waals surface area contributed by atoms with Crippen molar-refractivity contribution in [1.29, 1.82) is 0 Å². The van der Waals surface area contributed by atoms with Crippen LogP contribution in [0.5, 0.6) is 0 Å². The van der Waals surface area contributed by atoms with Gasteiger partial charge in [0.25, 0.3) is 5.91 Å². The number of nitrogens with one attached hydrogen (secondary N) is 1. The number of pyridine rings is 1. The minimum Gasteiger partial charge on any atom is -0.378 e. The van der Waals surface area contributed by atoms with Gasteiger partial charge in [0.1, 0.15) is 10.3 Å². The molecule has 0 unspecified atom stereocenters. The van der Waals surface area contributed by atoms with Crippen molar-refractivity contribution in [3.63, 3.8) is 0 Å². The minimum atomic E-state index is -0.223. The van der Waals surface area contributed by atoms with Gasteiger partial charge in [0, 0.05) is 25.5 Å². The standard InChI is InChI=1S/C14H14BrN3O/c1-18(2)11-8-6-10(7-9-11)16-14(19)12-4-3-5-13(15)17-12/h3-9H,1-2H3,(H,16,19). The number of nitrogens with zero attached hydrogens (tertiary/aromatic N) is 2. The van der Waals surface area contributed by atoms with Crippen LogP contribution in [-0.4, -0.2) is 25.0 Å². The Bertz CT molecular complexity index is 581. The maximum absolute atomic E-state index is 12.0. The van der Waals surface area contributed by atoms with Crippen LogP contribution in [-0.2, 0) is 0 Å². The minimum absolute atomic E-state index is 0.223.